The number of halogens is 3. The van der Waals surface area contributed by atoms with E-state index in [0.29, 0.717) is 22.3 Å². The van der Waals surface area contributed by atoms with Gasteiger partial charge in [-0.25, -0.2) is 4.39 Å². The van der Waals surface area contributed by atoms with Crippen LogP contribution in [0.5, 0.6) is 5.75 Å². The van der Waals surface area contributed by atoms with Crippen molar-refractivity contribution in [3.8, 4) is 5.75 Å². The van der Waals surface area contributed by atoms with Crippen LogP contribution in [0.25, 0.3) is 0 Å². The van der Waals surface area contributed by atoms with Crippen molar-refractivity contribution in [2.24, 2.45) is 0 Å². The molecule has 0 heterocycles. The number of benzene rings is 2. The number of hydrogen-bond donors (Lipinski definition) is 1. The zero-order valence-electron chi connectivity index (χ0n) is 10.2. The SMILES string of the molecule is COc1cc(NCc2cc(F)cc(Cl)c2)ccc1Cl. The first-order valence-electron chi connectivity index (χ1n) is 5.61. The van der Waals surface area contributed by atoms with Crippen molar-refractivity contribution in [3.05, 3.63) is 57.8 Å². The Bertz CT molecular complexity index is 569. The average molecular weight is 300 g/mol. The Labute approximate surface area is 121 Å². The summed E-state index contributed by atoms with van der Waals surface area (Å²) in [5.41, 5.74) is 1.60. The van der Waals surface area contributed by atoms with Gasteiger partial charge in [-0.05, 0) is 35.9 Å². The molecule has 0 radical (unpaired) electrons. The van der Waals surface area contributed by atoms with E-state index in [9.17, 15) is 4.39 Å². The number of hydrogen-bond acceptors (Lipinski definition) is 2. The first kappa shape index (κ1) is 14.0. The molecule has 0 aliphatic heterocycles. The third-order valence-corrected chi connectivity index (χ3v) is 3.10. The van der Waals surface area contributed by atoms with Crippen molar-refractivity contribution in [2.45, 2.75) is 6.54 Å². The van der Waals surface area contributed by atoms with E-state index in [-0.39, 0.29) is 5.82 Å². The summed E-state index contributed by atoms with van der Waals surface area (Å²) in [6.07, 6.45) is 0. The molecule has 0 amide bonds. The summed E-state index contributed by atoms with van der Waals surface area (Å²) in [4.78, 5) is 0. The molecule has 100 valence electrons. The topological polar surface area (TPSA) is 21.3 Å². The molecule has 2 aromatic carbocycles. The lowest BCUT2D eigenvalue weighted by molar-refractivity contribution is 0.415. The second-order valence-electron chi connectivity index (χ2n) is 3.98. The van der Waals surface area contributed by atoms with Crippen LogP contribution in [0.15, 0.2) is 36.4 Å². The van der Waals surface area contributed by atoms with Gasteiger partial charge >= 0.3 is 0 Å². The molecule has 0 unspecified atom stereocenters. The molecule has 0 aromatic heterocycles. The summed E-state index contributed by atoms with van der Waals surface area (Å²) in [7, 11) is 1.55. The van der Waals surface area contributed by atoms with Gasteiger partial charge in [0.2, 0.25) is 0 Å². The highest BCUT2D eigenvalue weighted by molar-refractivity contribution is 6.32. The van der Waals surface area contributed by atoms with E-state index >= 15 is 0 Å². The van der Waals surface area contributed by atoms with E-state index in [2.05, 4.69) is 5.32 Å². The summed E-state index contributed by atoms with van der Waals surface area (Å²) in [5, 5.41) is 4.08. The second kappa shape index (κ2) is 6.13. The highest BCUT2D eigenvalue weighted by Crippen LogP contribution is 2.27. The maximum atomic E-state index is 13.2. The summed E-state index contributed by atoms with van der Waals surface area (Å²) in [6, 6.07) is 9.77. The van der Waals surface area contributed by atoms with Crippen molar-refractivity contribution in [1.29, 1.82) is 0 Å². The van der Waals surface area contributed by atoms with Gasteiger partial charge in [0.15, 0.2) is 0 Å². The summed E-state index contributed by atoms with van der Waals surface area (Å²) in [6.45, 7) is 0.461. The van der Waals surface area contributed by atoms with Gasteiger partial charge in [-0.1, -0.05) is 23.2 Å². The molecule has 0 saturated carbocycles. The van der Waals surface area contributed by atoms with Crippen LogP contribution in [0, 0.1) is 5.82 Å². The second-order valence-corrected chi connectivity index (χ2v) is 4.82. The molecule has 19 heavy (non-hydrogen) atoms. The van der Waals surface area contributed by atoms with Gasteiger partial charge in [-0.3, -0.25) is 0 Å². The number of rotatable bonds is 4. The highest BCUT2D eigenvalue weighted by Gasteiger charge is 2.03. The Kier molecular flexibility index (Phi) is 4.51. The minimum atomic E-state index is -0.349. The van der Waals surface area contributed by atoms with Crippen molar-refractivity contribution in [1.82, 2.24) is 0 Å². The Morgan fingerprint density at radius 3 is 2.63 bits per heavy atom. The molecule has 0 atom stereocenters. The fourth-order valence-corrected chi connectivity index (χ4v) is 2.13. The van der Waals surface area contributed by atoms with E-state index in [1.54, 1.807) is 25.3 Å². The highest BCUT2D eigenvalue weighted by atomic mass is 35.5. The summed E-state index contributed by atoms with van der Waals surface area (Å²) < 4.78 is 18.3. The fraction of sp³-hybridized carbons (Fsp3) is 0.143. The Morgan fingerprint density at radius 1 is 1.16 bits per heavy atom. The lowest BCUT2D eigenvalue weighted by Gasteiger charge is -2.09. The molecular formula is C14H12Cl2FNO. The molecule has 2 rings (SSSR count). The molecule has 0 aliphatic carbocycles. The molecule has 0 aliphatic rings. The predicted molar refractivity (Wildman–Crippen MR) is 76.7 cm³/mol. The van der Waals surface area contributed by atoms with Crippen molar-refractivity contribution < 1.29 is 9.13 Å². The van der Waals surface area contributed by atoms with Crippen LogP contribution < -0.4 is 10.1 Å². The standard InChI is InChI=1S/C14H12Cl2FNO/c1-19-14-7-12(2-3-13(14)16)18-8-9-4-10(15)6-11(17)5-9/h2-7,18H,8H2,1H3. The van der Waals surface area contributed by atoms with Gasteiger partial charge in [0, 0.05) is 23.3 Å². The van der Waals surface area contributed by atoms with E-state index in [4.69, 9.17) is 27.9 Å². The molecular weight excluding hydrogens is 288 g/mol. The van der Waals surface area contributed by atoms with Crippen molar-refractivity contribution >= 4 is 28.9 Å². The minimum absolute atomic E-state index is 0.349. The number of nitrogens with one attached hydrogen (secondary N) is 1. The van der Waals surface area contributed by atoms with Crippen LogP contribution in [-0.4, -0.2) is 7.11 Å². The zero-order valence-corrected chi connectivity index (χ0v) is 11.7. The lowest BCUT2D eigenvalue weighted by Crippen LogP contribution is -2.00. The summed E-state index contributed by atoms with van der Waals surface area (Å²) in [5.74, 6) is 0.238. The molecule has 2 aromatic rings. The maximum Gasteiger partial charge on any atom is 0.139 e. The molecule has 1 N–H and O–H groups in total. The van der Waals surface area contributed by atoms with Crippen LogP contribution in [0.1, 0.15) is 5.56 Å². The predicted octanol–water partition coefficient (Wildman–Crippen LogP) is 4.75. The van der Waals surface area contributed by atoms with Gasteiger partial charge in [0.25, 0.3) is 0 Å². The third-order valence-electron chi connectivity index (χ3n) is 2.57. The van der Waals surface area contributed by atoms with Gasteiger partial charge in [0.1, 0.15) is 11.6 Å². The number of anilines is 1. The molecule has 0 saturated heterocycles. The minimum Gasteiger partial charge on any atom is -0.495 e. The fourth-order valence-electron chi connectivity index (χ4n) is 1.69. The Balaban J connectivity index is 2.10. The normalized spacial score (nSPS) is 10.3. The van der Waals surface area contributed by atoms with Gasteiger partial charge < -0.3 is 10.1 Å². The monoisotopic (exact) mass is 299 g/mol. The average Bonchev–Trinajstić information content (AvgIpc) is 2.36. The molecule has 2 nitrogen and oxygen atoms in total. The van der Waals surface area contributed by atoms with E-state index in [0.717, 1.165) is 11.3 Å². The van der Waals surface area contributed by atoms with Crippen molar-refractivity contribution in [3.63, 3.8) is 0 Å². The van der Waals surface area contributed by atoms with E-state index in [1.165, 1.54) is 12.1 Å². The summed E-state index contributed by atoms with van der Waals surface area (Å²) >= 11 is 11.7. The quantitative estimate of drug-likeness (QED) is 0.879. The smallest absolute Gasteiger partial charge is 0.139 e. The first-order valence-corrected chi connectivity index (χ1v) is 6.36. The van der Waals surface area contributed by atoms with E-state index < -0.39 is 0 Å². The van der Waals surface area contributed by atoms with E-state index in [1.807, 2.05) is 6.07 Å². The molecule has 0 spiro atoms. The van der Waals surface area contributed by atoms with Gasteiger partial charge in [-0.2, -0.15) is 0 Å². The van der Waals surface area contributed by atoms with Crippen LogP contribution >= 0.6 is 23.2 Å². The third kappa shape index (κ3) is 3.75. The van der Waals surface area contributed by atoms with Crippen LogP contribution in [-0.2, 0) is 6.54 Å². The van der Waals surface area contributed by atoms with Crippen LogP contribution in [0.4, 0.5) is 10.1 Å². The Hall–Kier alpha value is -1.45. The largest absolute Gasteiger partial charge is 0.495 e. The zero-order chi connectivity index (χ0) is 13.8. The van der Waals surface area contributed by atoms with Crippen LogP contribution in [0.2, 0.25) is 10.0 Å². The molecule has 0 fully saturated rings. The molecule has 0 bridgehead atoms. The number of methoxy groups -OCH3 is 1. The van der Waals surface area contributed by atoms with Gasteiger partial charge in [-0.15, -0.1) is 0 Å². The maximum absolute atomic E-state index is 13.2. The Morgan fingerprint density at radius 2 is 1.95 bits per heavy atom. The van der Waals surface area contributed by atoms with Gasteiger partial charge in [0.05, 0.1) is 12.1 Å². The molecule has 5 heteroatoms. The number of ether oxygens (including phenoxy) is 1. The first-order chi connectivity index (χ1) is 9.08. The van der Waals surface area contributed by atoms with Crippen LogP contribution in [0.3, 0.4) is 0 Å². The lowest BCUT2D eigenvalue weighted by atomic mass is 10.2. The van der Waals surface area contributed by atoms with Crippen molar-refractivity contribution in [2.75, 3.05) is 12.4 Å².